The minimum absolute atomic E-state index is 0.675. The van der Waals surface area contributed by atoms with Crippen LogP contribution >= 0.6 is 0 Å². The van der Waals surface area contributed by atoms with E-state index in [1.807, 2.05) is 43.3 Å². The molecule has 0 atom stereocenters. The summed E-state index contributed by atoms with van der Waals surface area (Å²) in [5.41, 5.74) is 2.51. The molecule has 2 aromatic carbocycles. The average Bonchev–Trinajstić information content (AvgIpc) is 2.47. The highest BCUT2D eigenvalue weighted by atomic mass is 16.5. The van der Waals surface area contributed by atoms with E-state index in [1.54, 1.807) is 18.3 Å². The number of hydrogen-bond acceptors (Lipinski definition) is 3. The summed E-state index contributed by atoms with van der Waals surface area (Å²) in [4.78, 5) is 15.1. The summed E-state index contributed by atoms with van der Waals surface area (Å²) in [5.74, 6) is 1.38. The van der Waals surface area contributed by atoms with Crippen molar-refractivity contribution in [1.82, 2.24) is 4.98 Å². The summed E-state index contributed by atoms with van der Waals surface area (Å²) < 4.78 is 5.79. The van der Waals surface area contributed by atoms with Crippen LogP contribution < -0.4 is 4.74 Å². The van der Waals surface area contributed by atoms with Crippen molar-refractivity contribution in [2.75, 3.05) is 0 Å². The van der Waals surface area contributed by atoms with Gasteiger partial charge in [-0.1, -0.05) is 18.2 Å². The van der Waals surface area contributed by atoms with E-state index in [4.69, 9.17) is 4.74 Å². The fourth-order valence-corrected chi connectivity index (χ4v) is 2.09. The molecule has 0 spiro atoms. The third-order valence-electron chi connectivity index (χ3n) is 3.17. The summed E-state index contributed by atoms with van der Waals surface area (Å²) in [6.07, 6.45) is 2.54. The normalized spacial score (nSPS) is 10.4. The molecule has 3 nitrogen and oxygen atoms in total. The number of nitrogens with zero attached hydrogens (tertiary/aromatic N) is 1. The molecule has 1 heterocycles. The lowest BCUT2D eigenvalue weighted by atomic mass is 10.1. The first-order valence-electron chi connectivity index (χ1n) is 6.35. The third kappa shape index (κ3) is 2.38. The topological polar surface area (TPSA) is 39.2 Å². The maximum Gasteiger partial charge on any atom is 0.150 e. The molecule has 0 N–H and O–H groups in total. The summed E-state index contributed by atoms with van der Waals surface area (Å²) in [5, 5.41) is 1.03. The fourth-order valence-electron chi connectivity index (χ4n) is 2.09. The van der Waals surface area contributed by atoms with Gasteiger partial charge in [-0.05, 0) is 42.8 Å². The van der Waals surface area contributed by atoms with Gasteiger partial charge in [0.15, 0.2) is 0 Å². The summed E-state index contributed by atoms with van der Waals surface area (Å²) in [7, 11) is 0. The Labute approximate surface area is 116 Å². The van der Waals surface area contributed by atoms with Gasteiger partial charge in [0.1, 0.15) is 17.8 Å². The monoisotopic (exact) mass is 263 g/mol. The lowest BCUT2D eigenvalue weighted by Gasteiger charge is -2.08. The maximum atomic E-state index is 10.8. The van der Waals surface area contributed by atoms with E-state index in [-0.39, 0.29) is 0 Å². The van der Waals surface area contributed by atoms with Gasteiger partial charge in [-0.15, -0.1) is 0 Å². The number of para-hydroxylation sites is 1. The number of pyridine rings is 1. The van der Waals surface area contributed by atoms with Crippen molar-refractivity contribution in [3.8, 4) is 11.5 Å². The van der Waals surface area contributed by atoms with Crippen LogP contribution in [0.1, 0.15) is 15.9 Å². The Morgan fingerprint density at radius 2 is 1.90 bits per heavy atom. The molecule has 1 aromatic heterocycles. The fraction of sp³-hybridized carbons (Fsp3) is 0.0588. The maximum absolute atomic E-state index is 10.8. The average molecular weight is 263 g/mol. The molecule has 0 bridgehead atoms. The highest BCUT2D eigenvalue weighted by Crippen LogP contribution is 2.25. The predicted molar refractivity (Wildman–Crippen MR) is 78.4 cm³/mol. The van der Waals surface area contributed by atoms with Gasteiger partial charge in [0, 0.05) is 10.9 Å². The van der Waals surface area contributed by atoms with Crippen LogP contribution in [0.5, 0.6) is 11.5 Å². The largest absolute Gasteiger partial charge is 0.456 e. The van der Waals surface area contributed by atoms with Gasteiger partial charge in [0.2, 0.25) is 0 Å². The van der Waals surface area contributed by atoms with Crippen molar-refractivity contribution in [1.29, 1.82) is 0 Å². The molecule has 20 heavy (non-hydrogen) atoms. The summed E-state index contributed by atoms with van der Waals surface area (Å²) in [6.45, 7) is 1.88. The van der Waals surface area contributed by atoms with Crippen LogP contribution in [-0.2, 0) is 0 Å². The number of hydrogen-bond donors (Lipinski definition) is 0. The van der Waals surface area contributed by atoms with Gasteiger partial charge in [-0.25, -0.2) is 0 Å². The van der Waals surface area contributed by atoms with Crippen LogP contribution in [0.25, 0.3) is 10.9 Å². The number of aldehydes is 1. The summed E-state index contributed by atoms with van der Waals surface area (Å²) in [6, 6.07) is 15.2. The van der Waals surface area contributed by atoms with E-state index >= 15 is 0 Å². The van der Waals surface area contributed by atoms with Crippen molar-refractivity contribution in [2.24, 2.45) is 0 Å². The zero-order chi connectivity index (χ0) is 13.9. The van der Waals surface area contributed by atoms with Crippen molar-refractivity contribution in [3.05, 3.63) is 65.9 Å². The Morgan fingerprint density at radius 3 is 2.70 bits per heavy atom. The lowest BCUT2D eigenvalue weighted by molar-refractivity contribution is 0.112. The second-order valence-electron chi connectivity index (χ2n) is 4.60. The first-order valence-corrected chi connectivity index (χ1v) is 6.35. The minimum atomic E-state index is 0.675. The molecule has 0 fully saturated rings. The number of ether oxygens (including phenoxy) is 1. The van der Waals surface area contributed by atoms with E-state index in [0.29, 0.717) is 17.1 Å². The van der Waals surface area contributed by atoms with Gasteiger partial charge < -0.3 is 4.74 Å². The Kier molecular flexibility index (Phi) is 3.17. The van der Waals surface area contributed by atoms with Crippen LogP contribution in [-0.4, -0.2) is 11.3 Å². The highest BCUT2D eigenvalue weighted by Gasteiger charge is 2.03. The first-order chi connectivity index (χ1) is 9.76. The zero-order valence-electron chi connectivity index (χ0n) is 11.0. The minimum Gasteiger partial charge on any atom is -0.456 e. The molecular weight excluding hydrogens is 250 g/mol. The molecule has 0 aliphatic heterocycles. The number of aromatic nitrogens is 1. The molecule has 0 unspecified atom stereocenters. The molecule has 3 heteroatoms. The molecular formula is C17H13NO2. The number of rotatable bonds is 3. The molecule has 0 aliphatic rings. The van der Waals surface area contributed by atoms with E-state index in [9.17, 15) is 4.79 Å². The Bertz CT molecular complexity index is 781. The zero-order valence-corrected chi connectivity index (χ0v) is 11.0. The van der Waals surface area contributed by atoms with E-state index < -0.39 is 0 Å². The standard InChI is InChI=1S/C17H13NO2/c1-12-8-15(7-6-14(12)11-19)20-16-9-13-4-2-3-5-17(13)18-10-16/h2-11H,1H3. The molecule has 0 saturated heterocycles. The Balaban J connectivity index is 1.92. The van der Waals surface area contributed by atoms with Gasteiger partial charge in [-0.3, -0.25) is 9.78 Å². The second-order valence-corrected chi connectivity index (χ2v) is 4.60. The Hall–Kier alpha value is -2.68. The molecule has 98 valence electrons. The van der Waals surface area contributed by atoms with E-state index in [2.05, 4.69) is 4.98 Å². The number of aryl methyl sites for hydroxylation is 1. The van der Waals surface area contributed by atoms with Crippen molar-refractivity contribution in [2.45, 2.75) is 6.92 Å². The van der Waals surface area contributed by atoms with Crippen LogP contribution in [0.4, 0.5) is 0 Å². The quantitative estimate of drug-likeness (QED) is 0.666. The van der Waals surface area contributed by atoms with Crippen LogP contribution in [0.3, 0.4) is 0 Å². The van der Waals surface area contributed by atoms with Gasteiger partial charge in [0.05, 0.1) is 11.7 Å². The van der Waals surface area contributed by atoms with Crippen LogP contribution in [0.15, 0.2) is 54.7 Å². The van der Waals surface area contributed by atoms with E-state index in [0.717, 1.165) is 22.8 Å². The number of benzene rings is 2. The molecule has 0 amide bonds. The molecule has 0 saturated carbocycles. The molecule has 3 aromatic rings. The van der Waals surface area contributed by atoms with Gasteiger partial charge in [-0.2, -0.15) is 0 Å². The van der Waals surface area contributed by atoms with Crippen molar-refractivity contribution in [3.63, 3.8) is 0 Å². The smallest absolute Gasteiger partial charge is 0.150 e. The van der Waals surface area contributed by atoms with E-state index in [1.165, 1.54) is 0 Å². The SMILES string of the molecule is Cc1cc(Oc2cnc3ccccc3c2)ccc1C=O. The van der Waals surface area contributed by atoms with Crippen LogP contribution in [0.2, 0.25) is 0 Å². The van der Waals surface area contributed by atoms with Crippen molar-refractivity contribution < 1.29 is 9.53 Å². The van der Waals surface area contributed by atoms with Crippen LogP contribution in [0, 0.1) is 6.92 Å². The summed E-state index contributed by atoms with van der Waals surface area (Å²) >= 11 is 0. The third-order valence-corrected chi connectivity index (χ3v) is 3.17. The molecule has 3 rings (SSSR count). The molecule has 0 radical (unpaired) electrons. The Morgan fingerprint density at radius 1 is 1.05 bits per heavy atom. The number of fused-ring (bicyclic) bond motifs is 1. The highest BCUT2D eigenvalue weighted by molar-refractivity contribution is 5.79. The molecule has 0 aliphatic carbocycles. The number of carbonyl (C=O) groups excluding carboxylic acids is 1. The number of carbonyl (C=O) groups is 1. The second kappa shape index (κ2) is 5.13. The van der Waals surface area contributed by atoms with Crippen molar-refractivity contribution >= 4 is 17.2 Å². The lowest BCUT2D eigenvalue weighted by Crippen LogP contribution is -1.90. The van der Waals surface area contributed by atoms with Gasteiger partial charge >= 0.3 is 0 Å². The van der Waals surface area contributed by atoms with Gasteiger partial charge in [0.25, 0.3) is 0 Å². The predicted octanol–water partition coefficient (Wildman–Crippen LogP) is 4.15. The first kappa shape index (κ1) is 12.4.